The molecule has 86 valence electrons. The maximum absolute atomic E-state index is 11.1. The lowest BCUT2D eigenvalue weighted by Crippen LogP contribution is -2.44. The van der Waals surface area contributed by atoms with Crippen molar-refractivity contribution in [2.45, 2.75) is 6.42 Å². The summed E-state index contributed by atoms with van der Waals surface area (Å²) in [6.07, 6.45) is 0.738. The molecule has 0 aliphatic rings. The number of nitrogens with one attached hydrogen (secondary N) is 3. The highest BCUT2D eigenvalue weighted by atomic mass is 16.2. The van der Waals surface area contributed by atoms with Crippen molar-refractivity contribution >= 4 is 12.1 Å². The molecule has 4 amide bonds. The Kier molecular flexibility index (Phi) is 4.85. The molecule has 0 fully saturated rings. The number of carbonyl (C=O) groups is 2. The second-order valence-electron chi connectivity index (χ2n) is 3.20. The van der Waals surface area contributed by atoms with Crippen LogP contribution in [0.2, 0.25) is 0 Å². The number of urea groups is 2. The van der Waals surface area contributed by atoms with E-state index in [9.17, 15) is 9.59 Å². The highest BCUT2D eigenvalue weighted by Gasteiger charge is 2.03. The van der Waals surface area contributed by atoms with Gasteiger partial charge in [-0.3, -0.25) is 5.32 Å². The first-order valence-corrected chi connectivity index (χ1v) is 5.03. The third-order valence-electron chi connectivity index (χ3n) is 2.00. The van der Waals surface area contributed by atoms with Crippen molar-refractivity contribution in [3.63, 3.8) is 0 Å². The average molecular weight is 221 g/mol. The van der Waals surface area contributed by atoms with Crippen LogP contribution in [0.25, 0.3) is 0 Å². The molecule has 0 radical (unpaired) electrons. The summed E-state index contributed by atoms with van der Waals surface area (Å²) in [5, 5.41) is 6.99. The number of hydrogen-bond acceptors (Lipinski definition) is 2. The van der Waals surface area contributed by atoms with E-state index in [1.165, 1.54) is 7.05 Å². The fourth-order valence-corrected chi connectivity index (χ4v) is 1.17. The van der Waals surface area contributed by atoms with E-state index in [2.05, 4.69) is 16.0 Å². The van der Waals surface area contributed by atoms with Gasteiger partial charge in [0.05, 0.1) is 0 Å². The largest absolute Gasteiger partial charge is 0.341 e. The van der Waals surface area contributed by atoms with Gasteiger partial charge in [-0.05, 0) is 12.0 Å². The van der Waals surface area contributed by atoms with Gasteiger partial charge in [0.15, 0.2) is 0 Å². The number of amides is 4. The van der Waals surface area contributed by atoms with Gasteiger partial charge in [0.25, 0.3) is 0 Å². The predicted octanol–water partition coefficient (Wildman–Crippen LogP) is 0.868. The summed E-state index contributed by atoms with van der Waals surface area (Å²) in [5.41, 5.74) is 1.14. The molecule has 1 aromatic rings. The molecule has 0 unspecified atom stereocenters. The molecule has 0 aromatic heterocycles. The third kappa shape index (κ3) is 4.45. The fourth-order valence-electron chi connectivity index (χ4n) is 1.17. The summed E-state index contributed by atoms with van der Waals surface area (Å²) in [6, 6.07) is 8.79. The predicted molar refractivity (Wildman–Crippen MR) is 61.1 cm³/mol. The zero-order valence-electron chi connectivity index (χ0n) is 9.12. The molecule has 0 saturated heterocycles. The number of carbonyl (C=O) groups excluding carboxylic acids is 2. The summed E-state index contributed by atoms with van der Waals surface area (Å²) in [5.74, 6) is 0. The number of imide groups is 1. The number of hydrogen-bond donors (Lipinski definition) is 3. The highest BCUT2D eigenvalue weighted by molar-refractivity contribution is 5.93. The monoisotopic (exact) mass is 221 g/mol. The van der Waals surface area contributed by atoms with Gasteiger partial charge in [-0.2, -0.15) is 0 Å². The van der Waals surface area contributed by atoms with Crippen molar-refractivity contribution in [2.75, 3.05) is 13.6 Å². The molecule has 0 heterocycles. The van der Waals surface area contributed by atoms with Crippen LogP contribution in [0.15, 0.2) is 30.3 Å². The van der Waals surface area contributed by atoms with E-state index in [-0.39, 0.29) is 0 Å². The summed E-state index contributed by atoms with van der Waals surface area (Å²) in [7, 11) is 1.45. The van der Waals surface area contributed by atoms with Crippen LogP contribution >= 0.6 is 0 Å². The van der Waals surface area contributed by atoms with E-state index in [0.717, 1.165) is 12.0 Å². The van der Waals surface area contributed by atoms with Gasteiger partial charge in [0, 0.05) is 13.6 Å². The Bertz CT molecular complexity index is 352. The minimum absolute atomic E-state index is 0.490. The first-order valence-electron chi connectivity index (χ1n) is 5.03. The zero-order valence-corrected chi connectivity index (χ0v) is 9.12. The summed E-state index contributed by atoms with van der Waals surface area (Å²) in [4.78, 5) is 21.9. The summed E-state index contributed by atoms with van der Waals surface area (Å²) < 4.78 is 0. The molecule has 0 aliphatic carbocycles. The standard InChI is InChI=1S/C11H15N3O2/c1-12-10(15)14-11(16)13-8-7-9-5-3-2-4-6-9/h2-6H,7-8H2,1H3,(H3,12,13,14,15,16). The van der Waals surface area contributed by atoms with E-state index in [0.29, 0.717) is 6.54 Å². The van der Waals surface area contributed by atoms with E-state index >= 15 is 0 Å². The van der Waals surface area contributed by atoms with Crippen molar-refractivity contribution < 1.29 is 9.59 Å². The van der Waals surface area contributed by atoms with Crippen LogP contribution in [0, 0.1) is 0 Å². The van der Waals surface area contributed by atoms with E-state index < -0.39 is 12.1 Å². The third-order valence-corrected chi connectivity index (χ3v) is 2.00. The maximum atomic E-state index is 11.1. The Morgan fingerprint density at radius 2 is 1.81 bits per heavy atom. The van der Waals surface area contributed by atoms with Crippen molar-refractivity contribution in [3.8, 4) is 0 Å². The normalized spacial score (nSPS) is 9.31. The quantitative estimate of drug-likeness (QED) is 0.708. The zero-order chi connectivity index (χ0) is 11.8. The first kappa shape index (κ1) is 12.0. The van der Waals surface area contributed by atoms with Crippen molar-refractivity contribution in [1.82, 2.24) is 16.0 Å². The molecule has 16 heavy (non-hydrogen) atoms. The van der Waals surface area contributed by atoms with Crippen LogP contribution in [0.3, 0.4) is 0 Å². The van der Waals surface area contributed by atoms with Crippen LogP contribution in [0.5, 0.6) is 0 Å². The lowest BCUT2D eigenvalue weighted by molar-refractivity contribution is 0.228. The lowest BCUT2D eigenvalue weighted by Gasteiger charge is -2.05. The molecular weight excluding hydrogens is 206 g/mol. The Morgan fingerprint density at radius 3 is 2.44 bits per heavy atom. The van der Waals surface area contributed by atoms with Crippen LogP contribution < -0.4 is 16.0 Å². The van der Waals surface area contributed by atoms with Crippen LogP contribution in [0.1, 0.15) is 5.56 Å². The Balaban J connectivity index is 2.21. The van der Waals surface area contributed by atoms with Crippen LogP contribution in [-0.4, -0.2) is 25.7 Å². The molecule has 3 N–H and O–H groups in total. The SMILES string of the molecule is CNC(=O)NC(=O)NCCc1ccccc1. The van der Waals surface area contributed by atoms with Gasteiger partial charge >= 0.3 is 12.1 Å². The van der Waals surface area contributed by atoms with Crippen molar-refractivity contribution in [2.24, 2.45) is 0 Å². The molecule has 1 aromatic carbocycles. The molecule has 0 bridgehead atoms. The highest BCUT2D eigenvalue weighted by Crippen LogP contribution is 1.97. The van der Waals surface area contributed by atoms with E-state index in [4.69, 9.17) is 0 Å². The second-order valence-corrected chi connectivity index (χ2v) is 3.20. The topological polar surface area (TPSA) is 70.2 Å². The Labute approximate surface area is 94.2 Å². The lowest BCUT2D eigenvalue weighted by atomic mass is 10.1. The van der Waals surface area contributed by atoms with Gasteiger partial charge in [-0.25, -0.2) is 9.59 Å². The first-order chi connectivity index (χ1) is 7.72. The molecule has 0 spiro atoms. The maximum Gasteiger partial charge on any atom is 0.322 e. The summed E-state index contributed by atoms with van der Waals surface area (Å²) >= 11 is 0. The fraction of sp³-hybridized carbons (Fsp3) is 0.273. The molecular formula is C11H15N3O2. The number of rotatable bonds is 3. The second kappa shape index (κ2) is 6.44. The van der Waals surface area contributed by atoms with Crippen LogP contribution in [0.4, 0.5) is 9.59 Å². The van der Waals surface area contributed by atoms with E-state index in [1.54, 1.807) is 0 Å². The van der Waals surface area contributed by atoms with Gasteiger partial charge < -0.3 is 10.6 Å². The minimum Gasteiger partial charge on any atom is -0.341 e. The molecule has 0 atom stereocenters. The Morgan fingerprint density at radius 1 is 1.12 bits per heavy atom. The summed E-state index contributed by atoms with van der Waals surface area (Å²) in [6.45, 7) is 0.493. The molecule has 0 aliphatic heterocycles. The van der Waals surface area contributed by atoms with Crippen molar-refractivity contribution in [1.29, 1.82) is 0 Å². The van der Waals surface area contributed by atoms with Gasteiger partial charge in [0.2, 0.25) is 0 Å². The molecule has 1 rings (SSSR count). The van der Waals surface area contributed by atoms with Crippen LogP contribution in [-0.2, 0) is 6.42 Å². The number of benzene rings is 1. The Hall–Kier alpha value is -2.04. The molecule has 0 saturated carbocycles. The van der Waals surface area contributed by atoms with Gasteiger partial charge in [-0.1, -0.05) is 30.3 Å². The molecule has 5 nitrogen and oxygen atoms in total. The van der Waals surface area contributed by atoms with Gasteiger partial charge in [0.1, 0.15) is 0 Å². The average Bonchev–Trinajstić information content (AvgIpc) is 2.30. The van der Waals surface area contributed by atoms with E-state index in [1.807, 2.05) is 30.3 Å². The smallest absolute Gasteiger partial charge is 0.322 e. The van der Waals surface area contributed by atoms with Crippen molar-refractivity contribution in [3.05, 3.63) is 35.9 Å². The van der Waals surface area contributed by atoms with Gasteiger partial charge in [-0.15, -0.1) is 0 Å². The molecule has 5 heteroatoms. The minimum atomic E-state index is -0.516.